The van der Waals surface area contributed by atoms with Gasteiger partial charge >= 0.3 is 0 Å². The highest BCUT2D eigenvalue weighted by Crippen LogP contribution is 2.32. The number of nitrogens with zero attached hydrogens (tertiary/aromatic N) is 2. The average molecular weight is 182 g/mol. The summed E-state index contributed by atoms with van der Waals surface area (Å²) in [4.78, 5) is 0. The van der Waals surface area contributed by atoms with Crippen LogP contribution in [0, 0.1) is 18.3 Å². The second-order valence-corrected chi connectivity index (χ2v) is 3.80. The van der Waals surface area contributed by atoms with Crippen LogP contribution in [0.15, 0.2) is 18.2 Å². The molecule has 0 bridgehead atoms. The third-order valence-corrected chi connectivity index (χ3v) is 3.13. The van der Waals surface area contributed by atoms with Crippen LogP contribution in [0.5, 0.6) is 0 Å². The molecule has 0 spiro atoms. The van der Waals surface area contributed by atoms with Crippen LogP contribution in [0.3, 0.4) is 0 Å². The van der Waals surface area contributed by atoms with Crippen molar-refractivity contribution >= 4 is 10.9 Å². The molecule has 1 aromatic heterocycles. The monoisotopic (exact) mass is 182 g/mol. The zero-order chi connectivity index (χ0) is 9.71. The Kier molecular flexibility index (Phi) is 1.30. The Hall–Kier alpha value is -1.75. The molecule has 2 aromatic rings. The summed E-state index contributed by atoms with van der Waals surface area (Å²) in [6, 6.07) is 8.65. The molecule has 2 heterocycles. The normalized spacial score (nSPS) is 13.4. The van der Waals surface area contributed by atoms with Crippen molar-refractivity contribution in [2.24, 2.45) is 0 Å². The van der Waals surface area contributed by atoms with Crippen molar-refractivity contribution in [3.63, 3.8) is 0 Å². The molecule has 0 unspecified atom stereocenters. The Balaban J connectivity index is 2.59. The summed E-state index contributed by atoms with van der Waals surface area (Å²) in [5.41, 5.74) is 4.63. The Morgan fingerprint density at radius 3 is 3.07 bits per heavy atom. The van der Waals surface area contributed by atoms with Crippen LogP contribution in [0.1, 0.15) is 16.8 Å². The van der Waals surface area contributed by atoms with Crippen molar-refractivity contribution in [1.82, 2.24) is 4.57 Å². The molecule has 68 valence electrons. The van der Waals surface area contributed by atoms with E-state index in [2.05, 4.69) is 28.8 Å². The van der Waals surface area contributed by atoms with E-state index in [1.165, 1.54) is 16.5 Å². The Morgan fingerprint density at radius 2 is 2.29 bits per heavy atom. The first-order valence-electron chi connectivity index (χ1n) is 4.83. The third-order valence-electron chi connectivity index (χ3n) is 3.13. The van der Waals surface area contributed by atoms with Gasteiger partial charge in [0.15, 0.2) is 0 Å². The van der Waals surface area contributed by atoms with Gasteiger partial charge in [0.25, 0.3) is 0 Å². The van der Waals surface area contributed by atoms with E-state index in [9.17, 15) is 0 Å². The fraction of sp³-hybridized carbons (Fsp3) is 0.250. The molecule has 2 nitrogen and oxygen atoms in total. The fourth-order valence-corrected chi connectivity index (χ4v) is 2.46. The number of para-hydroxylation sites is 1. The van der Waals surface area contributed by atoms with Crippen LogP contribution in [-0.4, -0.2) is 4.57 Å². The van der Waals surface area contributed by atoms with Gasteiger partial charge in [-0.05, 0) is 24.5 Å². The maximum Gasteiger partial charge on any atom is 0.124 e. The molecule has 0 radical (unpaired) electrons. The fourth-order valence-electron chi connectivity index (χ4n) is 2.46. The van der Waals surface area contributed by atoms with Crippen LogP contribution in [0.25, 0.3) is 10.9 Å². The van der Waals surface area contributed by atoms with Crippen molar-refractivity contribution < 1.29 is 0 Å². The molecule has 0 N–H and O–H groups in total. The first-order chi connectivity index (χ1) is 6.83. The predicted molar refractivity (Wildman–Crippen MR) is 55.1 cm³/mol. The number of nitriles is 1. The molecule has 1 aliphatic heterocycles. The zero-order valence-corrected chi connectivity index (χ0v) is 8.04. The van der Waals surface area contributed by atoms with E-state index in [1.54, 1.807) is 0 Å². The summed E-state index contributed by atoms with van der Waals surface area (Å²) in [6.45, 7) is 3.00. The maximum atomic E-state index is 9.08. The highest BCUT2D eigenvalue weighted by Gasteiger charge is 2.20. The first kappa shape index (κ1) is 7.64. The molecule has 3 rings (SSSR count). The second-order valence-electron chi connectivity index (χ2n) is 3.80. The quantitative estimate of drug-likeness (QED) is 0.615. The van der Waals surface area contributed by atoms with Gasteiger partial charge in [-0.2, -0.15) is 5.26 Å². The molecule has 2 heteroatoms. The molecule has 0 atom stereocenters. The average Bonchev–Trinajstić information content (AvgIpc) is 2.73. The van der Waals surface area contributed by atoms with Crippen molar-refractivity contribution in [1.29, 1.82) is 5.26 Å². The van der Waals surface area contributed by atoms with Gasteiger partial charge in [-0.15, -0.1) is 0 Å². The second kappa shape index (κ2) is 2.39. The molecule has 0 amide bonds. The standard InChI is InChI=1S/C12H10N2/c1-8-10-4-2-3-9-5-6-14(12(9)10)11(8)7-13/h2-4H,5-6H2,1H3. The number of rotatable bonds is 0. The van der Waals surface area contributed by atoms with E-state index in [-0.39, 0.29) is 0 Å². The van der Waals surface area contributed by atoms with Crippen LogP contribution in [0.4, 0.5) is 0 Å². The van der Waals surface area contributed by atoms with Crippen molar-refractivity contribution in [3.8, 4) is 6.07 Å². The lowest BCUT2D eigenvalue weighted by Gasteiger charge is -1.96. The molecule has 1 aliphatic rings. The molecule has 0 saturated heterocycles. The summed E-state index contributed by atoms with van der Waals surface area (Å²) in [6.07, 6.45) is 1.07. The Bertz CT molecular complexity index is 570. The highest BCUT2D eigenvalue weighted by molar-refractivity contribution is 5.90. The smallest absolute Gasteiger partial charge is 0.124 e. The molecule has 14 heavy (non-hydrogen) atoms. The molecule has 0 aliphatic carbocycles. The lowest BCUT2D eigenvalue weighted by molar-refractivity contribution is 0.759. The highest BCUT2D eigenvalue weighted by atomic mass is 15.0. The van der Waals surface area contributed by atoms with Gasteiger partial charge < -0.3 is 4.57 Å². The molecule has 0 saturated carbocycles. The van der Waals surface area contributed by atoms with Crippen LogP contribution >= 0.6 is 0 Å². The first-order valence-corrected chi connectivity index (χ1v) is 4.83. The number of aromatic nitrogens is 1. The lowest BCUT2D eigenvalue weighted by Crippen LogP contribution is -1.95. The summed E-state index contributed by atoms with van der Waals surface area (Å²) < 4.78 is 2.15. The maximum absolute atomic E-state index is 9.08. The molecule has 1 aromatic carbocycles. The molecular weight excluding hydrogens is 172 g/mol. The van der Waals surface area contributed by atoms with Crippen LogP contribution in [-0.2, 0) is 13.0 Å². The van der Waals surface area contributed by atoms with Gasteiger partial charge in [-0.3, -0.25) is 0 Å². The summed E-state index contributed by atoms with van der Waals surface area (Å²) in [5, 5.41) is 10.3. The van der Waals surface area contributed by atoms with Crippen molar-refractivity contribution in [2.45, 2.75) is 19.9 Å². The SMILES string of the molecule is Cc1c(C#N)n2c3c(cccc13)CC2. The van der Waals surface area contributed by atoms with Gasteiger partial charge in [-0.1, -0.05) is 18.2 Å². The predicted octanol–water partition coefficient (Wildman–Crippen LogP) is 2.38. The van der Waals surface area contributed by atoms with Crippen LogP contribution < -0.4 is 0 Å². The Labute approximate surface area is 82.4 Å². The minimum absolute atomic E-state index is 0.838. The summed E-state index contributed by atoms with van der Waals surface area (Å²) in [7, 11) is 0. The van der Waals surface area contributed by atoms with E-state index in [0.717, 1.165) is 24.2 Å². The lowest BCUT2D eigenvalue weighted by atomic mass is 10.1. The van der Waals surface area contributed by atoms with Gasteiger partial charge in [0.05, 0.1) is 5.52 Å². The number of hydrogen-bond acceptors (Lipinski definition) is 1. The topological polar surface area (TPSA) is 28.7 Å². The summed E-state index contributed by atoms with van der Waals surface area (Å²) >= 11 is 0. The molecular formula is C12H10N2. The summed E-state index contributed by atoms with van der Waals surface area (Å²) in [5.74, 6) is 0. The largest absolute Gasteiger partial charge is 0.332 e. The Morgan fingerprint density at radius 1 is 1.43 bits per heavy atom. The van der Waals surface area contributed by atoms with Crippen LogP contribution in [0.2, 0.25) is 0 Å². The number of benzene rings is 1. The van der Waals surface area contributed by atoms with E-state index < -0.39 is 0 Å². The number of hydrogen-bond donors (Lipinski definition) is 0. The minimum atomic E-state index is 0.838. The molecule has 0 fully saturated rings. The van der Waals surface area contributed by atoms with Gasteiger partial charge in [0, 0.05) is 11.9 Å². The van der Waals surface area contributed by atoms with Crippen molar-refractivity contribution in [2.75, 3.05) is 0 Å². The minimum Gasteiger partial charge on any atom is -0.332 e. The third kappa shape index (κ3) is 0.706. The van der Waals surface area contributed by atoms with Gasteiger partial charge in [0.2, 0.25) is 0 Å². The van der Waals surface area contributed by atoms with Gasteiger partial charge in [0.1, 0.15) is 11.8 Å². The van der Waals surface area contributed by atoms with E-state index in [0.29, 0.717) is 0 Å². The van der Waals surface area contributed by atoms with E-state index >= 15 is 0 Å². The number of aryl methyl sites for hydroxylation is 3. The van der Waals surface area contributed by atoms with Gasteiger partial charge in [-0.25, -0.2) is 0 Å². The van der Waals surface area contributed by atoms with E-state index in [1.807, 2.05) is 6.92 Å². The van der Waals surface area contributed by atoms with E-state index in [4.69, 9.17) is 5.26 Å². The van der Waals surface area contributed by atoms with Crippen molar-refractivity contribution in [3.05, 3.63) is 35.0 Å². The zero-order valence-electron chi connectivity index (χ0n) is 8.04.